The fourth-order valence-electron chi connectivity index (χ4n) is 2.97. The Morgan fingerprint density at radius 3 is 2.91 bits per heavy atom. The predicted molar refractivity (Wildman–Crippen MR) is 88.9 cm³/mol. The Balaban J connectivity index is 2.06. The third-order valence-electron chi connectivity index (χ3n) is 4.06. The molecule has 0 saturated heterocycles. The van der Waals surface area contributed by atoms with E-state index in [2.05, 4.69) is 28.3 Å². The van der Waals surface area contributed by atoms with Crippen molar-refractivity contribution in [1.29, 1.82) is 0 Å². The van der Waals surface area contributed by atoms with Gasteiger partial charge in [-0.3, -0.25) is 9.89 Å². The number of amides is 1. The second kappa shape index (κ2) is 4.91. The number of fused-ring (bicyclic) bond motifs is 2. The zero-order valence-electron chi connectivity index (χ0n) is 12.4. The lowest BCUT2D eigenvalue weighted by Crippen LogP contribution is -2.13. The van der Waals surface area contributed by atoms with Gasteiger partial charge in [0.2, 0.25) is 0 Å². The maximum absolute atomic E-state index is 11.6. The molecule has 2 aromatic heterocycles. The summed E-state index contributed by atoms with van der Waals surface area (Å²) in [5.41, 5.74) is 9.86. The second-order valence-electron chi connectivity index (χ2n) is 5.49. The molecule has 2 aromatic carbocycles. The number of aromatic nitrogens is 3. The Labute approximate surface area is 132 Å². The third-order valence-corrected chi connectivity index (χ3v) is 4.06. The first-order chi connectivity index (χ1) is 11.1. The van der Waals surface area contributed by atoms with Gasteiger partial charge in [0.1, 0.15) is 5.69 Å². The van der Waals surface area contributed by atoms with Crippen LogP contribution in [0.1, 0.15) is 16.1 Å². The molecule has 0 aliphatic rings. The van der Waals surface area contributed by atoms with Gasteiger partial charge < -0.3 is 5.73 Å². The van der Waals surface area contributed by atoms with Crippen molar-refractivity contribution >= 4 is 27.6 Å². The van der Waals surface area contributed by atoms with E-state index in [0.717, 1.165) is 38.4 Å². The van der Waals surface area contributed by atoms with Crippen molar-refractivity contribution < 1.29 is 4.79 Å². The van der Waals surface area contributed by atoms with Crippen LogP contribution in [0.2, 0.25) is 0 Å². The highest BCUT2D eigenvalue weighted by atomic mass is 16.1. The molecule has 5 heteroatoms. The number of benzene rings is 2. The summed E-state index contributed by atoms with van der Waals surface area (Å²) in [6.45, 7) is 2.05. The van der Waals surface area contributed by atoms with Crippen LogP contribution in [-0.4, -0.2) is 21.1 Å². The molecule has 0 spiro atoms. The standard InChI is InChI=1S/C18H13N4O/c1-10-2-5-15-14(9-21-22-15)16(10)12-4-3-11-6-7-20-17(18(19)23)13(11)8-12/h2-6,8-9H,1H3,(H2,19,23)(H,21,22). The van der Waals surface area contributed by atoms with Gasteiger partial charge >= 0.3 is 0 Å². The molecule has 1 amide bonds. The summed E-state index contributed by atoms with van der Waals surface area (Å²) in [4.78, 5) is 15.6. The van der Waals surface area contributed by atoms with Crippen LogP contribution < -0.4 is 5.73 Å². The average molecular weight is 301 g/mol. The van der Waals surface area contributed by atoms with Gasteiger partial charge in [-0.15, -0.1) is 0 Å². The van der Waals surface area contributed by atoms with Crippen LogP contribution in [0.15, 0.2) is 42.6 Å². The molecule has 4 rings (SSSR count). The van der Waals surface area contributed by atoms with Crippen LogP contribution in [0.25, 0.3) is 32.8 Å². The van der Waals surface area contributed by atoms with Crippen LogP contribution in [0.4, 0.5) is 0 Å². The van der Waals surface area contributed by atoms with E-state index in [1.54, 1.807) is 6.07 Å². The summed E-state index contributed by atoms with van der Waals surface area (Å²) < 4.78 is 0. The fourth-order valence-corrected chi connectivity index (χ4v) is 2.97. The van der Waals surface area contributed by atoms with E-state index in [1.807, 2.05) is 36.5 Å². The first-order valence-electron chi connectivity index (χ1n) is 7.19. The van der Waals surface area contributed by atoms with E-state index in [9.17, 15) is 4.79 Å². The number of nitrogens with one attached hydrogen (secondary N) is 1. The van der Waals surface area contributed by atoms with Crippen molar-refractivity contribution in [2.24, 2.45) is 5.73 Å². The molecule has 5 nitrogen and oxygen atoms in total. The molecule has 0 bridgehead atoms. The maximum atomic E-state index is 11.6. The number of rotatable bonds is 2. The lowest BCUT2D eigenvalue weighted by Gasteiger charge is -2.10. The summed E-state index contributed by atoms with van der Waals surface area (Å²) in [5, 5.41) is 9.76. The minimum Gasteiger partial charge on any atom is -0.364 e. The zero-order valence-corrected chi connectivity index (χ0v) is 12.4. The van der Waals surface area contributed by atoms with E-state index >= 15 is 0 Å². The van der Waals surface area contributed by atoms with Crippen molar-refractivity contribution in [1.82, 2.24) is 15.2 Å². The molecular formula is C18H13N4O. The minimum absolute atomic E-state index is 0.237. The normalized spacial score (nSPS) is 11.2. The Kier molecular flexibility index (Phi) is 2.87. The fraction of sp³-hybridized carbons (Fsp3) is 0.0556. The largest absolute Gasteiger partial charge is 0.364 e. The van der Waals surface area contributed by atoms with Crippen LogP contribution >= 0.6 is 0 Å². The summed E-state index contributed by atoms with van der Waals surface area (Å²) in [6, 6.07) is 11.7. The number of carbonyl (C=O) groups is 1. The van der Waals surface area contributed by atoms with E-state index in [4.69, 9.17) is 5.73 Å². The average Bonchev–Trinajstić information content (AvgIpc) is 3.02. The van der Waals surface area contributed by atoms with Crippen LogP contribution in [-0.2, 0) is 0 Å². The highest BCUT2D eigenvalue weighted by molar-refractivity contribution is 6.06. The Bertz CT molecular complexity index is 1070. The van der Waals surface area contributed by atoms with Gasteiger partial charge in [-0.1, -0.05) is 18.2 Å². The number of carbonyl (C=O) groups excluding carboxylic acids is 1. The van der Waals surface area contributed by atoms with Gasteiger partial charge in [0.05, 0.1) is 17.9 Å². The van der Waals surface area contributed by atoms with Crippen LogP contribution in [0.5, 0.6) is 0 Å². The first kappa shape index (κ1) is 13.5. The third kappa shape index (κ3) is 2.05. The number of hydrogen-bond acceptors (Lipinski definition) is 3. The molecule has 0 aliphatic carbocycles. The molecule has 2 heterocycles. The van der Waals surface area contributed by atoms with Gasteiger partial charge in [0.25, 0.3) is 5.91 Å². The highest BCUT2D eigenvalue weighted by Crippen LogP contribution is 2.33. The number of aromatic amines is 1. The van der Waals surface area contributed by atoms with Gasteiger partial charge in [0.15, 0.2) is 0 Å². The van der Waals surface area contributed by atoms with E-state index in [-0.39, 0.29) is 5.69 Å². The molecule has 23 heavy (non-hydrogen) atoms. The number of nitrogens with two attached hydrogens (primary N) is 1. The highest BCUT2D eigenvalue weighted by Gasteiger charge is 2.13. The molecule has 1 radical (unpaired) electrons. The van der Waals surface area contributed by atoms with Gasteiger partial charge in [-0.05, 0) is 47.2 Å². The van der Waals surface area contributed by atoms with Crippen molar-refractivity contribution in [3.8, 4) is 11.1 Å². The molecule has 111 valence electrons. The molecule has 0 atom stereocenters. The SMILES string of the molecule is Cc1ccc2[nH]ncc2c1-c1ccc2c[c]nc(C(N)=O)c2c1. The predicted octanol–water partition coefficient (Wildman–Crippen LogP) is 2.99. The summed E-state index contributed by atoms with van der Waals surface area (Å²) in [6.07, 6.45) is 4.53. The Hall–Kier alpha value is -3.21. The van der Waals surface area contributed by atoms with Gasteiger partial charge in [-0.2, -0.15) is 5.10 Å². The van der Waals surface area contributed by atoms with Crippen molar-refractivity contribution in [2.45, 2.75) is 6.92 Å². The maximum Gasteiger partial charge on any atom is 0.267 e. The number of nitrogens with zero attached hydrogens (tertiary/aromatic N) is 2. The van der Waals surface area contributed by atoms with Crippen LogP contribution in [0, 0.1) is 13.1 Å². The second-order valence-corrected chi connectivity index (χ2v) is 5.49. The summed E-state index contributed by atoms with van der Waals surface area (Å²) in [7, 11) is 0. The van der Waals surface area contributed by atoms with E-state index in [0.29, 0.717) is 0 Å². The van der Waals surface area contributed by atoms with E-state index in [1.165, 1.54) is 0 Å². The quantitative estimate of drug-likeness (QED) is 0.597. The Morgan fingerprint density at radius 2 is 2.09 bits per heavy atom. The molecule has 4 aromatic rings. The summed E-state index contributed by atoms with van der Waals surface area (Å²) in [5.74, 6) is -0.553. The number of hydrogen-bond donors (Lipinski definition) is 2. The topological polar surface area (TPSA) is 84.7 Å². The van der Waals surface area contributed by atoms with Gasteiger partial charge in [0, 0.05) is 10.8 Å². The molecule has 3 N–H and O–H groups in total. The zero-order chi connectivity index (χ0) is 16.0. The lowest BCUT2D eigenvalue weighted by atomic mass is 9.94. The van der Waals surface area contributed by atoms with Crippen molar-refractivity contribution in [2.75, 3.05) is 0 Å². The molecule has 0 aliphatic heterocycles. The lowest BCUT2D eigenvalue weighted by molar-refractivity contribution is 0.0997. The minimum atomic E-state index is -0.553. The van der Waals surface area contributed by atoms with Crippen LogP contribution in [0.3, 0.4) is 0 Å². The Morgan fingerprint density at radius 1 is 1.22 bits per heavy atom. The first-order valence-corrected chi connectivity index (χ1v) is 7.19. The smallest absolute Gasteiger partial charge is 0.267 e. The van der Waals surface area contributed by atoms with Crippen molar-refractivity contribution in [3.63, 3.8) is 0 Å². The molecule has 0 unspecified atom stereocenters. The number of primary amides is 1. The number of H-pyrrole nitrogens is 1. The summed E-state index contributed by atoms with van der Waals surface area (Å²) >= 11 is 0. The molecule has 0 saturated carbocycles. The number of pyridine rings is 1. The van der Waals surface area contributed by atoms with Gasteiger partial charge in [-0.25, -0.2) is 4.98 Å². The molecule has 0 fully saturated rings. The monoisotopic (exact) mass is 301 g/mol. The molecular weight excluding hydrogens is 288 g/mol. The van der Waals surface area contributed by atoms with E-state index < -0.39 is 5.91 Å². The number of aryl methyl sites for hydroxylation is 1. The van der Waals surface area contributed by atoms with Crippen molar-refractivity contribution in [3.05, 3.63) is 60.0 Å².